The molecule has 3 N–H and O–H groups in total. The number of nitrogens with one attached hydrogen (secondary N) is 1. The standard InChI is InChI=1S/C11H23N3/c1-14-7-5-11(8-12,9-14)13-6-4-10-2-3-10/h10,13H,2-9,12H2,1H3. The monoisotopic (exact) mass is 197 g/mol. The van der Waals surface area contributed by atoms with Gasteiger partial charge < -0.3 is 16.0 Å². The van der Waals surface area contributed by atoms with Gasteiger partial charge in [0.25, 0.3) is 0 Å². The maximum Gasteiger partial charge on any atom is 0.0444 e. The average Bonchev–Trinajstić information content (AvgIpc) is 2.91. The van der Waals surface area contributed by atoms with Crippen LogP contribution in [0.3, 0.4) is 0 Å². The third-order valence-corrected chi connectivity index (χ3v) is 3.68. The molecular weight excluding hydrogens is 174 g/mol. The van der Waals surface area contributed by atoms with Crippen LogP contribution in [-0.4, -0.2) is 43.7 Å². The highest BCUT2D eigenvalue weighted by molar-refractivity contribution is 4.97. The number of nitrogens with zero attached hydrogens (tertiary/aromatic N) is 1. The largest absolute Gasteiger partial charge is 0.329 e. The first-order valence-corrected chi connectivity index (χ1v) is 5.88. The highest BCUT2D eigenvalue weighted by Gasteiger charge is 2.35. The lowest BCUT2D eigenvalue weighted by molar-refractivity contribution is 0.314. The zero-order chi connectivity index (χ0) is 10.0. The maximum absolute atomic E-state index is 5.87. The summed E-state index contributed by atoms with van der Waals surface area (Å²) >= 11 is 0. The molecule has 0 spiro atoms. The van der Waals surface area contributed by atoms with E-state index in [-0.39, 0.29) is 5.54 Å². The molecular formula is C11H23N3. The second kappa shape index (κ2) is 4.17. The first-order chi connectivity index (χ1) is 6.74. The smallest absolute Gasteiger partial charge is 0.0444 e. The molecule has 14 heavy (non-hydrogen) atoms. The molecule has 1 aliphatic carbocycles. The second-order valence-electron chi connectivity index (χ2n) is 5.13. The van der Waals surface area contributed by atoms with Gasteiger partial charge in [0.2, 0.25) is 0 Å². The van der Waals surface area contributed by atoms with Crippen molar-refractivity contribution in [2.75, 3.05) is 33.2 Å². The molecule has 0 amide bonds. The summed E-state index contributed by atoms with van der Waals surface area (Å²) in [4.78, 5) is 2.37. The van der Waals surface area contributed by atoms with Gasteiger partial charge in [-0.1, -0.05) is 12.8 Å². The van der Waals surface area contributed by atoms with Crippen molar-refractivity contribution >= 4 is 0 Å². The van der Waals surface area contributed by atoms with Crippen LogP contribution in [0.4, 0.5) is 0 Å². The molecule has 1 atom stereocenters. The Morgan fingerprint density at radius 1 is 1.50 bits per heavy atom. The van der Waals surface area contributed by atoms with E-state index >= 15 is 0 Å². The topological polar surface area (TPSA) is 41.3 Å². The van der Waals surface area contributed by atoms with Gasteiger partial charge >= 0.3 is 0 Å². The fourth-order valence-electron chi connectivity index (χ4n) is 2.41. The van der Waals surface area contributed by atoms with Gasteiger partial charge in [0, 0.05) is 18.6 Å². The van der Waals surface area contributed by atoms with E-state index in [9.17, 15) is 0 Å². The van der Waals surface area contributed by atoms with Crippen molar-refractivity contribution in [2.24, 2.45) is 11.7 Å². The van der Waals surface area contributed by atoms with Crippen LogP contribution < -0.4 is 11.1 Å². The summed E-state index contributed by atoms with van der Waals surface area (Å²) < 4.78 is 0. The molecule has 1 saturated heterocycles. The minimum Gasteiger partial charge on any atom is -0.329 e. The third-order valence-electron chi connectivity index (χ3n) is 3.68. The Bertz CT molecular complexity index is 191. The van der Waals surface area contributed by atoms with Crippen molar-refractivity contribution in [1.82, 2.24) is 10.2 Å². The third kappa shape index (κ3) is 2.47. The number of rotatable bonds is 5. The van der Waals surface area contributed by atoms with Gasteiger partial charge in [-0.2, -0.15) is 0 Å². The van der Waals surface area contributed by atoms with Gasteiger partial charge in [-0.05, 0) is 38.9 Å². The summed E-state index contributed by atoms with van der Waals surface area (Å²) in [6.45, 7) is 4.25. The fraction of sp³-hybridized carbons (Fsp3) is 1.00. The molecule has 2 rings (SSSR count). The van der Waals surface area contributed by atoms with E-state index in [1.165, 1.54) is 32.2 Å². The van der Waals surface area contributed by atoms with Gasteiger partial charge in [-0.15, -0.1) is 0 Å². The number of likely N-dealkylation sites (tertiary alicyclic amines) is 1. The first kappa shape index (κ1) is 10.4. The highest BCUT2D eigenvalue weighted by Crippen LogP contribution is 2.32. The lowest BCUT2D eigenvalue weighted by Crippen LogP contribution is -2.53. The van der Waals surface area contributed by atoms with E-state index < -0.39 is 0 Å². The highest BCUT2D eigenvalue weighted by atomic mass is 15.2. The molecule has 1 saturated carbocycles. The Morgan fingerprint density at radius 2 is 2.29 bits per heavy atom. The van der Waals surface area contributed by atoms with Crippen LogP contribution in [0.5, 0.6) is 0 Å². The molecule has 1 aliphatic heterocycles. The Balaban J connectivity index is 1.73. The molecule has 0 aromatic carbocycles. The molecule has 0 aromatic heterocycles. The summed E-state index contributed by atoms with van der Waals surface area (Å²) in [6.07, 6.45) is 5.48. The van der Waals surface area contributed by atoms with Crippen molar-refractivity contribution in [3.05, 3.63) is 0 Å². The quantitative estimate of drug-likeness (QED) is 0.671. The molecule has 1 heterocycles. The van der Waals surface area contributed by atoms with Crippen molar-refractivity contribution in [2.45, 2.75) is 31.2 Å². The SMILES string of the molecule is CN1CCC(CN)(NCCC2CC2)C1. The van der Waals surface area contributed by atoms with Crippen LogP contribution in [0.25, 0.3) is 0 Å². The van der Waals surface area contributed by atoms with Gasteiger partial charge in [0.1, 0.15) is 0 Å². The van der Waals surface area contributed by atoms with E-state index in [1.807, 2.05) is 0 Å². The normalized spacial score (nSPS) is 33.9. The maximum atomic E-state index is 5.87. The molecule has 0 radical (unpaired) electrons. The Kier molecular flexibility index (Phi) is 3.10. The van der Waals surface area contributed by atoms with E-state index in [0.717, 1.165) is 25.6 Å². The number of hydrogen-bond donors (Lipinski definition) is 2. The van der Waals surface area contributed by atoms with Gasteiger partial charge in [-0.25, -0.2) is 0 Å². The van der Waals surface area contributed by atoms with Gasteiger partial charge in [0.15, 0.2) is 0 Å². The number of nitrogens with two attached hydrogens (primary N) is 1. The zero-order valence-corrected chi connectivity index (χ0v) is 9.26. The van der Waals surface area contributed by atoms with Crippen molar-refractivity contribution in [3.63, 3.8) is 0 Å². The zero-order valence-electron chi connectivity index (χ0n) is 9.26. The Hall–Kier alpha value is -0.120. The van der Waals surface area contributed by atoms with E-state index in [2.05, 4.69) is 17.3 Å². The lowest BCUT2D eigenvalue weighted by Gasteiger charge is -2.29. The van der Waals surface area contributed by atoms with Crippen LogP contribution in [0.2, 0.25) is 0 Å². The van der Waals surface area contributed by atoms with E-state index in [0.29, 0.717) is 0 Å². The average molecular weight is 197 g/mol. The molecule has 1 unspecified atom stereocenters. The Labute approximate surface area is 87.0 Å². The summed E-state index contributed by atoms with van der Waals surface area (Å²) in [6, 6.07) is 0. The first-order valence-electron chi connectivity index (χ1n) is 5.88. The van der Waals surface area contributed by atoms with Crippen LogP contribution in [0.15, 0.2) is 0 Å². The van der Waals surface area contributed by atoms with Gasteiger partial charge in [0.05, 0.1) is 0 Å². The molecule has 2 aliphatic rings. The minimum atomic E-state index is 0.226. The predicted octanol–water partition coefficient (Wildman–Crippen LogP) is 0.409. The predicted molar refractivity (Wildman–Crippen MR) is 59.2 cm³/mol. The lowest BCUT2D eigenvalue weighted by atomic mass is 9.98. The van der Waals surface area contributed by atoms with Crippen LogP contribution >= 0.6 is 0 Å². The molecule has 3 nitrogen and oxygen atoms in total. The summed E-state index contributed by atoms with van der Waals surface area (Å²) in [5.74, 6) is 1.02. The van der Waals surface area contributed by atoms with E-state index in [4.69, 9.17) is 5.73 Å². The fourth-order valence-corrected chi connectivity index (χ4v) is 2.41. The van der Waals surface area contributed by atoms with Crippen LogP contribution in [-0.2, 0) is 0 Å². The van der Waals surface area contributed by atoms with Crippen molar-refractivity contribution in [3.8, 4) is 0 Å². The number of hydrogen-bond acceptors (Lipinski definition) is 3. The molecule has 3 heteroatoms. The second-order valence-corrected chi connectivity index (χ2v) is 5.13. The van der Waals surface area contributed by atoms with E-state index in [1.54, 1.807) is 0 Å². The summed E-state index contributed by atoms with van der Waals surface area (Å²) in [5, 5.41) is 3.68. The molecule has 82 valence electrons. The Morgan fingerprint density at radius 3 is 2.79 bits per heavy atom. The molecule has 0 aromatic rings. The summed E-state index contributed by atoms with van der Waals surface area (Å²) in [7, 11) is 2.18. The van der Waals surface area contributed by atoms with Crippen molar-refractivity contribution in [1.29, 1.82) is 0 Å². The van der Waals surface area contributed by atoms with Crippen LogP contribution in [0.1, 0.15) is 25.7 Å². The molecule has 2 fully saturated rings. The number of likely N-dealkylation sites (N-methyl/N-ethyl adjacent to an activating group) is 1. The molecule has 0 bridgehead atoms. The minimum absolute atomic E-state index is 0.226. The van der Waals surface area contributed by atoms with Gasteiger partial charge in [-0.3, -0.25) is 0 Å². The van der Waals surface area contributed by atoms with Crippen molar-refractivity contribution < 1.29 is 0 Å². The van der Waals surface area contributed by atoms with Crippen LogP contribution in [0, 0.1) is 5.92 Å². The summed E-state index contributed by atoms with van der Waals surface area (Å²) in [5.41, 5.74) is 6.10.